The number of piperidine rings is 1. The molecule has 0 radical (unpaired) electrons. The molecule has 1 saturated heterocycles. The Kier molecular flexibility index (Phi) is 5.63. The van der Waals surface area contributed by atoms with E-state index in [0.29, 0.717) is 0 Å². The fourth-order valence-corrected chi connectivity index (χ4v) is 4.03. The van der Waals surface area contributed by atoms with Crippen molar-refractivity contribution in [2.45, 2.75) is 59.4 Å². The third kappa shape index (κ3) is 3.35. The largest absolute Gasteiger partial charge is 0.320 e. The molecule has 2 rings (SSSR count). The number of likely N-dealkylation sites (N-methyl/N-ethyl adjacent to an activating group) is 1. The number of anilines is 1. The van der Waals surface area contributed by atoms with Crippen LogP contribution in [0.3, 0.4) is 0 Å². The smallest absolute Gasteiger partial charge is 0.282 e. The standard InChI is InChI=1S/C19H30N2O/c1-5-17(21(6-2)13-8-7-9-14-21)19(22)20-18-15(3)11-10-12-16(18)4/h10-12,17H,5-9,13-14H2,1-4H3/p+1. The Labute approximate surface area is 135 Å². The van der Waals surface area contributed by atoms with E-state index in [1.54, 1.807) is 0 Å². The van der Waals surface area contributed by atoms with Crippen LogP contribution in [0.1, 0.15) is 50.7 Å². The van der Waals surface area contributed by atoms with Gasteiger partial charge in [0.25, 0.3) is 5.91 Å². The van der Waals surface area contributed by atoms with Gasteiger partial charge in [0.15, 0.2) is 6.04 Å². The van der Waals surface area contributed by atoms with Crippen molar-refractivity contribution >= 4 is 11.6 Å². The summed E-state index contributed by atoms with van der Waals surface area (Å²) >= 11 is 0. The first kappa shape index (κ1) is 17.0. The Hall–Kier alpha value is -1.35. The van der Waals surface area contributed by atoms with Gasteiger partial charge in [0.2, 0.25) is 0 Å². The average molecular weight is 303 g/mol. The molecule has 1 heterocycles. The molecule has 0 aromatic heterocycles. The van der Waals surface area contributed by atoms with Gasteiger partial charge in [-0.3, -0.25) is 4.79 Å². The Morgan fingerprint density at radius 3 is 2.23 bits per heavy atom. The zero-order valence-electron chi connectivity index (χ0n) is 14.6. The highest BCUT2D eigenvalue weighted by Gasteiger charge is 2.40. The molecule has 3 nitrogen and oxygen atoms in total. The van der Waals surface area contributed by atoms with Gasteiger partial charge >= 0.3 is 0 Å². The van der Waals surface area contributed by atoms with Gasteiger partial charge in [0.1, 0.15) is 0 Å². The molecule has 1 aliphatic heterocycles. The summed E-state index contributed by atoms with van der Waals surface area (Å²) in [6, 6.07) is 6.25. The van der Waals surface area contributed by atoms with Crippen LogP contribution in [0.2, 0.25) is 0 Å². The highest BCUT2D eigenvalue weighted by Crippen LogP contribution is 2.27. The van der Waals surface area contributed by atoms with Gasteiger partial charge in [0, 0.05) is 12.1 Å². The molecule has 1 fully saturated rings. The molecule has 1 aromatic rings. The van der Waals surface area contributed by atoms with Crippen molar-refractivity contribution < 1.29 is 9.28 Å². The van der Waals surface area contributed by atoms with E-state index >= 15 is 0 Å². The number of aryl methyl sites for hydroxylation is 2. The zero-order chi connectivity index (χ0) is 16.2. The van der Waals surface area contributed by atoms with Gasteiger partial charge in [-0.15, -0.1) is 0 Å². The number of carbonyl (C=O) groups is 1. The maximum absolute atomic E-state index is 13.0. The fourth-order valence-electron chi connectivity index (χ4n) is 4.03. The number of carbonyl (C=O) groups excluding carboxylic acids is 1. The van der Waals surface area contributed by atoms with Crippen molar-refractivity contribution in [3.05, 3.63) is 29.3 Å². The number of hydrogen-bond donors (Lipinski definition) is 1. The molecular formula is C19H31N2O+. The van der Waals surface area contributed by atoms with Crippen LogP contribution in [0.15, 0.2) is 18.2 Å². The minimum atomic E-state index is 0.0734. The van der Waals surface area contributed by atoms with Crippen LogP contribution in [-0.4, -0.2) is 36.1 Å². The molecule has 0 bridgehead atoms. The van der Waals surface area contributed by atoms with E-state index in [-0.39, 0.29) is 11.9 Å². The maximum atomic E-state index is 13.0. The lowest BCUT2D eigenvalue weighted by atomic mass is 10.00. The lowest BCUT2D eigenvalue weighted by Gasteiger charge is -2.45. The third-order valence-electron chi connectivity index (χ3n) is 5.42. The van der Waals surface area contributed by atoms with Gasteiger partial charge in [-0.2, -0.15) is 0 Å². The van der Waals surface area contributed by atoms with Crippen LogP contribution in [0.25, 0.3) is 0 Å². The molecule has 0 saturated carbocycles. The number of hydrogen-bond acceptors (Lipinski definition) is 1. The summed E-state index contributed by atoms with van der Waals surface area (Å²) < 4.78 is 0.966. The van der Waals surface area contributed by atoms with E-state index in [1.807, 2.05) is 6.07 Å². The lowest BCUT2D eigenvalue weighted by molar-refractivity contribution is -0.945. The van der Waals surface area contributed by atoms with E-state index in [4.69, 9.17) is 0 Å². The summed E-state index contributed by atoms with van der Waals surface area (Å²) in [5.74, 6) is 0.198. The Bertz CT molecular complexity index is 498. The molecule has 1 amide bonds. The van der Waals surface area contributed by atoms with Crippen molar-refractivity contribution in [3.63, 3.8) is 0 Å². The second-order valence-corrected chi connectivity index (χ2v) is 6.72. The zero-order valence-corrected chi connectivity index (χ0v) is 14.6. The second kappa shape index (κ2) is 7.28. The predicted octanol–water partition coefficient (Wildman–Crippen LogP) is 4.04. The molecule has 122 valence electrons. The second-order valence-electron chi connectivity index (χ2n) is 6.72. The van der Waals surface area contributed by atoms with Gasteiger partial charge in [-0.1, -0.05) is 25.1 Å². The molecule has 22 heavy (non-hydrogen) atoms. The normalized spacial score (nSPS) is 18.7. The average Bonchev–Trinajstić information content (AvgIpc) is 2.52. The quantitative estimate of drug-likeness (QED) is 0.817. The minimum absolute atomic E-state index is 0.0734. The van der Waals surface area contributed by atoms with Crippen molar-refractivity contribution in [3.8, 4) is 0 Å². The van der Waals surface area contributed by atoms with E-state index in [0.717, 1.165) is 47.4 Å². The number of likely N-dealkylation sites (tertiary alicyclic amines) is 1. The Balaban J connectivity index is 2.21. The van der Waals surface area contributed by atoms with Crippen LogP contribution < -0.4 is 5.32 Å². The topological polar surface area (TPSA) is 29.1 Å². The van der Waals surface area contributed by atoms with Crippen LogP contribution in [-0.2, 0) is 4.79 Å². The number of nitrogens with one attached hydrogen (secondary N) is 1. The first-order valence-corrected chi connectivity index (χ1v) is 8.77. The summed E-state index contributed by atoms with van der Waals surface area (Å²) in [7, 11) is 0. The van der Waals surface area contributed by atoms with Crippen LogP contribution in [0, 0.1) is 13.8 Å². The monoisotopic (exact) mass is 303 g/mol. The third-order valence-corrected chi connectivity index (χ3v) is 5.42. The summed E-state index contributed by atoms with van der Waals surface area (Å²) in [6.45, 7) is 11.9. The van der Waals surface area contributed by atoms with Crippen molar-refractivity contribution in [2.75, 3.05) is 25.0 Å². The number of para-hydroxylation sites is 1. The highest BCUT2D eigenvalue weighted by molar-refractivity contribution is 5.95. The van der Waals surface area contributed by atoms with Crippen molar-refractivity contribution in [1.29, 1.82) is 0 Å². The SMILES string of the molecule is CCC(C(=O)Nc1c(C)cccc1C)[N+]1(CC)CCCCC1. The van der Waals surface area contributed by atoms with Gasteiger partial charge in [-0.05, 0) is 51.2 Å². The number of amides is 1. The number of quaternary nitrogens is 1. The van der Waals surface area contributed by atoms with Crippen LogP contribution >= 0.6 is 0 Å². The first-order chi connectivity index (χ1) is 10.5. The van der Waals surface area contributed by atoms with Gasteiger partial charge < -0.3 is 9.80 Å². The molecule has 0 spiro atoms. The van der Waals surface area contributed by atoms with Crippen LogP contribution in [0.4, 0.5) is 5.69 Å². The Morgan fingerprint density at radius 2 is 1.73 bits per heavy atom. The van der Waals surface area contributed by atoms with E-state index in [2.05, 4.69) is 45.1 Å². The van der Waals surface area contributed by atoms with Crippen LogP contribution in [0.5, 0.6) is 0 Å². The van der Waals surface area contributed by atoms with Gasteiger partial charge in [0.05, 0.1) is 19.6 Å². The molecule has 3 heteroatoms. The summed E-state index contributed by atoms with van der Waals surface area (Å²) in [4.78, 5) is 13.0. The molecule has 1 aliphatic rings. The molecule has 1 unspecified atom stereocenters. The molecular weight excluding hydrogens is 272 g/mol. The van der Waals surface area contributed by atoms with E-state index in [9.17, 15) is 4.79 Å². The predicted molar refractivity (Wildman–Crippen MR) is 93.0 cm³/mol. The first-order valence-electron chi connectivity index (χ1n) is 8.77. The molecule has 1 N–H and O–H groups in total. The minimum Gasteiger partial charge on any atom is -0.320 e. The van der Waals surface area contributed by atoms with Crippen molar-refractivity contribution in [1.82, 2.24) is 0 Å². The Morgan fingerprint density at radius 1 is 1.14 bits per heavy atom. The fraction of sp³-hybridized carbons (Fsp3) is 0.632. The number of nitrogens with zero attached hydrogens (tertiary/aromatic N) is 1. The molecule has 0 aliphatic carbocycles. The highest BCUT2D eigenvalue weighted by atomic mass is 16.2. The summed E-state index contributed by atoms with van der Waals surface area (Å²) in [6.07, 6.45) is 4.72. The number of rotatable bonds is 5. The molecule has 1 atom stereocenters. The van der Waals surface area contributed by atoms with Gasteiger partial charge in [-0.25, -0.2) is 0 Å². The summed E-state index contributed by atoms with van der Waals surface area (Å²) in [5, 5.41) is 3.23. The van der Waals surface area contributed by atoms with E-state index in [1.165, 1.54) is 19.3 Å². The maximum Gasteiger partial charge on any atom is 0.282 e. The summed E-state index contributed by atoms with van der Waals surface area (Å²) in [5.41, 5.74) is 3.28. The molecule has 1 aromatic carbocycles. The van der Waals surface area contributed by atoms with E-state index < -0.39 is 0 Å². The van der Waals surface area contributed by atoms with Crippen molar-refractivity contribution in [2.24, 2.45) is 0 Å². The lowest BCUT2D eigenvalue weighted by Crippen LogP contribution is -2.61. The number of benzene rings is 1.